The molecule has 1 aliphatic rings. The van der Waals surface area contributed by atoms with E-state index in [1.807, 2.05) is 19.9 Å². The summed E-state index contributed by atoms with van der Waals surface area (Å²) >= 11 is 12.4. The van der Waals surface area contributed by atoms with Crippen molar-refractivity contribution in [2.45, 2.75) is 69.5 Å². The number of amides is 2. The van der Waals surface area contributed by atoms with Crippen LogP contribution in [0, 0.1) is 6.92 Å². The number of hydrogen-bond acceptors (Lipinski definition) is 5. The summed E-state index contributed by atoms with van der Waals surface area (Å²) in [5.74, 6) is -0.195. The summed E-state index contributed by atoms with van der Waals surface area (Å²) in [5.41, 5.74) is 1.80. The number of halogens is 2. The van der Waals surface area contributed by atoms with Crippen molar-refractivity contribution in [3.63, 3.8) is 0 Å². The maximum Gasteiger partial charge on any atom is 0.264 e. The third-order valence-corrected chi connectivity index (χ3v) is 10.2. The van der Waals surface area contributed by atoms with Crippen LogP contribution in [0.15, 0.2) is 71.6 Å². The molecule has 0 aromatic heterocycles. The van der Waals surface area contributed by atoms with Gasteiger partial charge >= 0.3 is 0 Å². The minimum atomic E-state index is -4.22. The Bertz CT molecular complexity index is 1540. The molecule has 1 aliphatic carbocycles. The third-order valence-electron chi connectivity index (χ3n) is 7.65. The number of aryl methyl sites for hydroxylation is 1. The highest BCUT2D eigenvalue weighted by Gasteiger charge is 2.34. The van der Waals surface area contributed by atoms with Crippen molar-refractivity contribution in [2.75, 3.05) is 18.0 Å². The first-order valence-electron chi connectivity index (χ1n) is 14.3. The Labute approximate surface area is 264 Å². The van der Waals surface area contributed by atoms with Gasteiger partial charge in [0, 0.05) is 12.6 Å². The van der Waals surface area contributed by atoms with Crippen LogP contribution < -0.4 is 14.4 Å². The number of carbonyl (C=O) groups excluding carboxylic acids is 2. The lowest BCUT2D eigenvalue weighted by molar-refractivity contribution is -0.140. The van der Waals surface area contributed by atoms with Gasteiger partial charge in [0.15, 0.2) is 0 Å². The van der Waals surface area contributed by atoms with E-state index in [9.17, 15) is 18.0 Å². The fraction of sp³-hybridized carbons (Fsp3) is 0.375. The van der Waals surface area contributed by atoms with E-state index in [2.05, 4.69) is 5.32 Å². The minimum Gasteiger partial charge on any atom is -0.497 e. The Hall–Kier alpha value is -3.27. The molecule has 1 fully saturated rings. The Balaban J connectivity index is 1.74. The number of carbonyl (C=O) groups is 2. The highest BCUT2D eigenvalue weighted by atomic mass is 35.5. The van der Waals surface area contributed by atoms with Gasteiger partial charge < -0.3 is 15.0 Å². The van der Waals surface area contributed by atoms with E-state index in [0.717, 1.165) is 41.1 Å². The maximum atomic E-state index is 14.3. The lowest BCUT2D eigenvalue weighted by atomic mass is 10.1. The summed E-state index contributed by atoms with van der Waals surface area (Å²) in [4.78, 5) is 29.3. The second-order valence-electron chi connectivity index (χ2n) is 10.7. The number of rotatable bonds is 12. The van der Waals surface area contributed by atoms with Crippen LogP contribution in [0.5, 0.6) is 5.75 Å². The van der Waals surface area contributed by atoms with Gasteiger partial charge in [-0.05, 0) is 74.2 Å². The van der Waals surface area contributed by atoms with Crippen molar-refractivity contribution < 1.29 is 22.7 Å². The summed E-state index contributed by atoms with van der Waals surface area (Å²) in [5, 5.41) is 3.51. The molecular formula is C32H37Cl2N3O5S. The number of nitrogens with one attached hydrogen (secondary N) is 1. The molecule has 43 heavy (non-hydrogen) atoms. The summed E-state index contributed by atoms with van der Waals surface area (Å²) in [6.07, 6.45) is 4.22. The molecule has 1 N–H and O–H groups in total. The van der Waals surface area contributed by atoms with Crippen molar-refractivity contribution in [1.82, 2.24) is 10.2 Å². The largest absolute Gasteiger partial charge is 0.497 e. The zero-order valence-corrected chi connectivity index (χ0v) is 26.9. The minimum absolute atomic E-state index is 0.0161. The van der Waals surface area contributed by atoms with Gasteiger partial charge in [-0.1, -0.05) is 72.8 Å². The molecule has 230 valence electrons. The Morgan fingerprint density at radius 3 is 2.33 bits per heavy atom. The second kappa shape index (κ2) is 14.5. The van der Waals surface area contributed by atoms with Crippen LogP contribution in [-0.4, -0.2) is 50.9 Å². The zero-order chi connectivity index (χ0) is 31.1. The SMILES string of the molecule is CC[C@H](C(=O)NC1CCCC1)N(Cc1cccc(OC)c1)C(=O)CN(c1ccc(Cl)c(Cl)c1)S(=O)(=O)c1ccc(C)cc1. The molecule has 8 nitrogen and oxygen atoms in total. The molecule has 0 unspecified atom stereocenters. The first-order valence-corrected chi connectivity index (χ1v) is 16.5. The average Bonchev–Trinajstić information content (AvgIpc) is 3.50. The molecule has 3 aromatic carbocycles. The first kappa shape index (κ1) is 32.6. The maximum absolute atomic E-state index is 14.3. The molecule has 11 heteroatoms. The van der Waals surface area contributed by atoms with Crippen LogP contribution in [0.3, 0.4) is 0 Å². The van der Waals surface area contributed by atoms with Gasteiger partial charge in [-0.25, -0.2) is 8.42 Å². The Morgan fingerprint density at radius 2 is 1.70 bits per heavy atom. The van der Waals surface area contributed by atoms with E-state index >= 15 is 0 Å². The molecule has 0 radical (unpaired) electrons. The second-order valence-corrected chi connectivity index (χ2v) is 13.4. The molecule has 0 aliphatic heterocycles. The van der Waals surface area contributed by atoms with E-state index in [1.165, 1.54) is 35.2 Å². The van der Waals surface area contributed by atoms with E-state index < -0.39 is 28.5 Å². The van der Waals surface area contributed by atoms with Gasteiger partial charge in [0.1, 0.15) is 18.3 Å². The molecular weight excluding hydrogens is 609 g/mol. The van der Waals surface area contributed by atoms with E-state index in [1.54, 1.807) is 37.4 Å². The molecule has 0 spiro atoms. The summed E-state index contributed by atoms with van der Waals surface area (Å²) in [6.45, 7) is 3.21. The lowest BCUT2D eigenvalue weighted by Gasteiger charge is -2.34. The summed E-state index contributed by atoms with van der Waals surface area (Å²) < 4.78 is 34.4. The van der Waals surface area contributed by atoms with E-state index in [0.29, 0.717) is 12.2 Å². The molecule has 3 aromatic rings. The fourth-order valence-electron chi connectivity index (χ4n) is 5.26. The van der Waals surface area contributed by atoms with Crippen molar-refractivity contribution >= 4 is 50.7 Å². The predicted octanol–water partition coefficient (Wildman–Crippen LogP) is 6.37. The average molecular weight is 647 g/mol. The van der Waals surface area contributed by atoms with Crippen LogP contribution in [0.25, 0.3) is 0 Å². The highest BCUT2D eigenvalue weighted by Crippen LogP contribution is 2.31. The molecule has 2 amide bonds. The van der Waals surface area contributed by atoms with Crippen LogP contribution in [0.1, 0.15) is 50.2 Å². The van der Waals surface area contributed by atoms with Crippen LogP contribution in [0.4, 0.5) is 5.69 Å². The number of benzene rings is 3. The molecule has 1 saturated carbocycles. The van der Waals surface area contributed by atoms with Gasteiger partial charge in [-0.15, -0.1) is 0 Å². The fourth-order valence-corrected chi connectivity index (χ4v) is 6.96. The van der Waals surface area contributed by atoms with Crippen LogP contribution in [0.2, 0.25) is 10.0 Å². The van der Waals surface area contributed by atoms with Gasteiger partial charge in [0.2, 0.25) is 11.8 Å². The van der Waals surface area contributed by atoms with Crippen molar-refractivity contribution in [3.8, 4) is 5.75 Å². The Kier molecular flexibility index (Phi) is 11.0. The zero-order valence-electron chi connectivity index (χ0n) is 24.6. The van der Waals surface area contributed by atoms with Crippen LogP contribution >= 0.6 is 23.2 Å². The van der Waals surface area contributed by atoms with Gasteiger partial charge in [0.05, 0.1) is 27.7 Å². The molecule has 0 saturated heterocycles. The summed E-state index contributed by atoms with van der Waals surface area (Å²) in [6, 6.07) is 17.3. The van der Waals surface area contributed by atoms with Gasteiger partial charge in [-0.2, -0.15) is 0 Å². The van der Waals surface area contributed by atoms with E-state index in [4.69, 9.17) is 27.9 Å². The topological polar surface area (TPSA) is 96.0 Å². The summed E-state index contributed by atoms with van der Waals surface area (Å²) in [7, 11) is -2.67. The normalized spacial score (nSPS) is 14.3. The molecule has 0 heterocycles. The number of hydrogen-bond donors (Lipinski definition) is 1. The van der Waals surface area contributed by atoms with Crippen molar-refractivity contribution in [3.05, 3.63) is 87.9 Å². The number of sulfonamides is 1. The standard InChI is InChI=1S/C32H37Cl2N3O5S/c1-4-30(32(39)35-24-9-5-6-10-24)36(20-23-8-7-11-26(18-23)42-3)31(38)21-37(25-14-17-28(33)29(34)19-25)43(40,41)27-15-12-22(2)13-16-27/h7-8,11-19,24,30H,4-6,9-10,20-21H2,1-3H3,(H,35,39)/t30-/m1/s1. The van der Waals surface area contributed by atoms with Gasteiger partial charge in [-0.3, -0.25) is 13.9 Å². The van der Waals surface area contributed by atoms with Crippen molar-refractivity contribution in [1.29, 1.82) is 0 Å². The lowest BCUT2D eigenvalue weighted by Crippen LogP contribution is -2.53. The molecule has 4 rings (SSSR count). The quantitative estimate of drug-likeness (QED) is 0.247. The van der Waals surface area contributed by atoms with Crippen LogP contribution in [-0.2, 0) is 26.2 Å². The number of ether oxygens (including phenoxy) is 1. The first-order chi connectivity index (χ1) is 20.5. The predicted molar refractivity (Wildman–Crippen MR) is 170 cm³/mol. The number of methoxy groups -OCH3 is 1. The molecule has 1 atom stereocenters. The highest BCUT2D eigenvalue weighted by molar-refractivity contribution is 7.92. The van der Waals surface area contributed by atoms with Gasteiger partial charge in [0.25, 0.3) is 10.0 Å². The van der Waals surface area contributed by atoms with Crippen molar-refractivity contribution in [2.24, 2.45) is 0 Å². The monoisotopic (exact) mass is 645 g/mol. The Morgan fingerprint density at radius 1 is 1.00 bits per heavy atom. The smallest absolute Gasteiger partial charge is 0.264 e. The third kappa shape index (κ3) is 8.02. The molecule has 0 bridgehead atoms. The number of nitrogens with zero attached hydrogens (tertiary/aromatic N) is 2. The number of anilines is 1. The van der Waals surface area contributed by atoms with E-state index in [-0.39, 0.29) is 39.1 Å².